The highest BCUT2D eigenvalue weighted by Gasteiger charge is 2.55. The second kappa shape index (κ2) is 8.73. The first-order chi connectivity index (χ1) is 12.6. The molecule has 0 radical (unpaired) electrons. The summed E-state index contributed by atoms with van der Waals surface area (Å²) in [6, 6.07) is 19.0. The van der Waals surface area contributed by atoms with Crippen LogP contribution in [-0.2, 0) is 27.4 Å². The molecule has 0 saturated carbocycles. The van der Waals surface area contributed by atoms with Crippen molar-refractivity contribution in [3.8, 4) is 0 Å². The summed E-state index contributed by atoms with van der Waals surface area (Å²) < 4.78 is 17.3. The van der Waals surface area contributed by atoms with Crippen molar-refractivity contribution in [3.05, 3.63) is 71.8 Å². The SMILES string of the molecule is OC[C@H]1OC(COCc2ccccc2)(OCc2ccccc2)[C@@H](O)[C@@H]1O. The molecule has 2 aromatic carbocycles. The Morgan fingerprint density at radius 1 is 0.885 bits per heavy atom. The second-order valence-electron chi connectivity index (χ2n) is 6.34. The third kappa shape index (κ3) is 4.29. The van der Waals surface area contributed by atoms with Crippen LogP contribution in [-0.4, -0.2) is 52.6 Å². The van der Waals surface area contributed by atoms with Gasteiger partial charge in [0.15, 0.2) is 0 Å². The summed E-state index contributed by atoms with van der Waals surface area (Å²) in [5.74, 6) is -1.54. The van der Waals surface area contributed by atoms with Crippen molar-refractivity contribution in [2.45, 2.75) is 37.3 Å². The van der Waals surface area contributed by atoms with E-state index >= 15 is 0 Å². The molecule has 1 unspecified atom stereocenters. The van der Waals surface area contributed by atoms with E-state index in [1.54, 1.807) is 0 Å². The monoisotopic (exact) mass is 360 g/mol. The smallest absolute Gasteiger partial charge is 0.222 e. The molecule has 0 aliphatic carbocycles. The summed E-state index contributed by atoms with van der Waals surface area (Å²) in [5, 5.41) is 30.0. The highest BCUT2D eigenvalue weighted by molar-refractivity contribution is 5.14. The van der Waals surface area contributed by atoms with Crippen molar-refractivity contribution in [2.75, 3.05) is 13.2 Å². The highest BCUT2D eigenvalue weighted by atomic mass is 16.7. The fourth-order valence-electron chi connectivity index (χ4n) is 2.95. The molecule has 0 aromatic heterocycles. The van der Waals surface area contributed by atoms with Gasteiger partial charge in [-0.1, -0.05) is 60.7 Å². The predicted molar refractivity (Wildman–Crippen MR) is 94.0 cm³/mol. The van der Waals surface area contributed by atoms with Gasteiger partial charge in [0, 0.05) is 0 Å². The summed E-state index contributed by atoms with van der Waals surface area (Å²) in [6.45, 7) is -0.0124. The van der Waals surface area contributed by atoms with Crippen LogP contribution in [0.25, 0.3) is 0 Å². The first kappa shape index (κ1) is 19.0. The van der Waals surface area contributed by atoms with E-state index in [9.17, 15) is 15.3 Å². The van der Waals surface area contributed by atoms with Gasteiger partial charge in [-0.25, -0.2) is 0 Å². The van der Waals surface area contributed by atoms with Crippen LogP contribution in [0.2, 0.25) is 0 Å². The molecule has 4 atom stereocenters. The lowest BCUT2D eigenvalue weighted by Gasteiger charge is -2.32. The molecule has 26 heavy (non-hydrogen) atoms. The van der Waals surface area contributed by atoms with Crippen molar-refractivity contribution in [1.82, 2.24) is 0 Å². The van der Waals surface area contributed by atoms with Gasteiger partial charge in [0.2, 0.25) is 5.79 Å². The molecule has 3 N–H and O–H groups in total. The molecule has 3 rings (SSSR count). The van der Waals surface area contributed by atoms with Crippen LogP contribution in [0.1, 0.15) is 11.1 Å². The Bertz CT molecular complexity index is 665. The van der Waals surface area contributed by atoms with Gasteiger partial charge in [0.25, 0.3) is 0 Å². The zero-order valence-electron chi connectivity index (χ0n) is 14.4. The number of rotatable bonds is 8. The summed E-state index contributed by atoms with van der Waals surface area (Å²) in [5.41, 5.74) is 1.87. The molecule has 140 valence electrons. The van der Waals surface area contributed by atoms with Crippen molar-refractivity contribution < 1.29 is 29.5 Å². The number of hydrogen-bond acceptors (Lipinski definition) is 6. The van der Waals surface area contributed by atoms with Gasteiger partial charge in [-0.2, -0.15) is 0 Å². The first-order valence-electron chi connectivity index (χ1n) is 8.59. The average molecular weight is 360 g/mol. The van der Waals surface area contributed by atoms with E-state index in [-0.39, 0.29) is 13.2 Å². The molecular formula is C20H24O6. The number of aliphatic hydroxyl groups excluding tert-OH is 3. The molecule has 2 aromatic rings. The van der Waals surface area contributed by atoms with Crippen LogP contribution in [0.15, 0.2) is 60.7 Å². The van der Waals surface area contributed by atoms with Gasteiger partial charge < -0.3 is 29.5 Å². The van der Waals surface area contributed by atoms with Crippen LogP contribution in [0.5, 0.6) is 0 Å². The maximum atomic E-state index is 10.5. The van der Waals surface area contributed by atoms with Crippen molar-refractivity contribution in [1.29, 1.82) is 0 Å². The van der Waals surface area contributed by atoms with Crippen LogP contribution in [0.4, 0.5) is 0 Å². The average Bonchev–Trinajstić information content (AvgIpc) is 2.93. The number of aliphatic hydroxyl groups is 3. The van der Waals surface area contributed by atoms with Gasteiger partial charge >= 0.3 is 0 Å². The van der Waals surface area contributed by atoms with E-state index in [1.165, 1.54) is 0 Å². The molecule has 6 nitrogen and oxygen atoms in total. The molecule has 1 saturated heterocycles. The van der Waals surface area contributed by atoms with Crippen LogP contribution in [0.3, 0.4) is 0 Å². The predicted octanol–water partition coefficient (Wildman–Crippen LogP) is 1.23. The fraction of sp³-hybridized carbons (Fsp3) is 0.400. The molecule has 1 fully saturated rings. The molecular weight excluding hydrogens is 336 g/mol. The van der Waals surface area contributed by atoms with Crippen LogP contribution < -0.4 is 0 Å². The molecule has 1 heterocycles. The van der Waals surface area contributed by atoms with Crippen molar-refractivity contribution in [2.24, 2.45) is 0 Å². The quantitative estimate of drug-likeness (QED) is 0.656. The lowest BCUT2D eigenvalue weighted by molar-refractivity contribution is -0.288. The van der Waals surface area contributed by atoms with E-state index < -0.39 is 30.7 Å². The third-order valence-electron chi connectivity index (χ3n) is 4.43. The molecule has 6 heteroatoms. The van der Waals surface area contributed by atoms with Crippen LogP contribution in [0, 0.1) is 0 Å². The largest absolute Gasteiger partial charge is 0.394 e. The Morgan fingerprint density at radius 2 is 1.46 bits per heavy atom. The van der Waals surface area contributed by atoms with Crippen molar-refractivity contribution >= 4 is 0 Å². The molecule has 0 amide bonds. The number of benzene rings is 2. The Hall–Kier alpha value is -1.80. The minimum Gasteiger partial charge on any atom is -0.394 e. The van der Waals surface area contributed by atoms with E-state index in [0.29, 0.717) is 6.61 Å². The van der Waals surface area contributed by atoms with Gasteiger partial charge in [0.05, 0.1) is 19.8 Å². The Balaban J connectivity index is 1.69. The third-order valence-corrected chi connectivity index (χ3v) is 4.43. The fourth-order valence-corrected chi connectivity index (χ4v) is 2.95. The summed E-state index contributed by atoms with van der Waals surface area (Å²) in [4.78, 5) is 0. The zero-order valence-corrected chi connectivity index (χ0v) is 14.4. The second-order valence-corrected chi connectivity index (χ2v) is 6.34. The normalized spacial score (nSPS) is 28.3. The Morgan fingerprint density at radius 3 is 2.00 bits per heavy atom. The Labute approximate surface area is 152 Å². The van der Waals surface area contributed by atoms with E-state index in [4.69, 9.17) is 14.2 Å². The standard InChI is InChI=1S/C20H24O6/c21-11-17-18(22)19(23)20(26-17,25-13-16-9-5-2-6-10-16)14-24-12-15-7-3-1-4-8-15/h1-10,17-19,21-23H,11-14H2/t17-,18-,19+,20?/m1/s1. The molecule has 1 aliphatic rings. The lowest BCUT2D eigenvalue weighted by atomic mass is 10.1. The molecule has 0 spiro atoms. The molecule has 1 aliphatic heterocycles. The van der Waals surface area contributed by atoms with Gasteiger partial charge in [0.1, 0.15) is 24.9 Å². The zero-order chi connectivity index (χ0) is 18.4. The topological polar surface area (TPSA) is 88.4 Å². The maximum absolute atomic E-state index is 10.5. The minimum absolute atomic E-state index is 0.0799. The summed E-state index contributed by atoms with van der Waals surface area (Å²) in [6.07, 6.45) is -3.52. The van der Waals surface area contributed by atoms with Crippen molar-refractivity contribution in [3.63, 3.8) is 0 Å². The lowest BCUT2D eigenvalue weighted by Crippen LogP contribution is -2.49. The van der Waals surface area contributed by atoms with E-state index in [1.807, 2.05) is 60.7 Å². The van der Waals surface area contributed by atoms with Crippen LogP contribution >= 0.6 is 0 Å². The number of hydrogen-bond donors (Lipinski definition) is 3. The van der Waals surface area contributed by atoms with Gasteiger partial charge in [-0.05, 0) is 11.1 Å². The highest BCUT2D eigenvalue weighted by Crippen LogP contribution is 2.34. The van der Waals surface area contributed by atoms with E-state index in [2.05, 4.69) is 0 Å². The summed E-state index contributed by atoms with van der Waals surface area (Å²) >= 11 is 0. The number of ether oxygens (including phenoxy) is 3. The molecule has 0 bridgehead atoms. The van der Waals surface area contributed by atoms with E-state index in [0.717, 1.165) is 11.1 Å². The first-order valence-corrected chi connectivity index (χ1v) is 8.59. The Kier molecular flexibility index (Phi) is 6.37. The maximum Gasteiger partial charge on any atom is 0.222 e. The van der Waals surface area contributed by atoms with Gasteiger partial charge in [-0.15, -0.1) is 0 Å². The summed E-state index contributed by atoms with van der Waals surface area (Å²) in [7, 11) is 0. The van der Waals surface area contributed by atoms with Gasteiger partial charge in [-0.3, -0.25) is 0 Å². The minimum atomic E-state index is -1.54.